The summed E-state index contributed by atoms with van der Waals surface area (Å²) in [6, 6.07) is 31.9. The van der Waals surface area contributed by atoms with E-state index in [1.807, 2.05) is 60.7 Å². The number of sulfone groups is 1. The number of hydrogen-bond donors (Lipinski definition) is 3. The first-order valence-corrected chi connectivity index (χ1v) is 24.7. The van der Waals surface area contributed by atoms with Crippen molar-refractivity contribution < 1.29 is 49.8 Å². The number of likely N-dealkylation sites (tertiary alicyclic amines) is 1. The van der Waals surface area contributed by atoms with Gasteiger partial charge >= 0.3 is 5.97 Å². The summed E-state index contributed by atoms with van der Waals surface area (Å²) >= 11 is 6.42. The van der Waals surface area contributed by atoms with E-state index in [9.17, 15) is 40.3 Å². The molecule has 0 spiro atoms. The number of methoxy groups -OCH3 is 2. The number of nitrogens with zero attached hydrogens (tertiary/aromatic N) is 1. The van der Waals surface area contributed by atoms with Gasteiger partial charge in [-0.1, -0.05) is 72.8 Å². The van der Waals surface area contributed by atoms with Crippen LogP contribution in [0.5, 0.6) is 11.5 Å². The highest BCUT2D eigenvalue weighted by Crippen LogP contribution is 2.38. The molecule has 2 aliphatic heterocycles. The Morgan fingerprint density at radius 2 is 1.17 bits per heavy atom. The van der Waals surface area contributed by atoms with E-state index in [0.717, 1.165) is 23.6 Å². The van der Waals surface area contributed by atoms with Crippen LogP contribution in [0, 0.1) is 11.6 Å². The van der Waals surface area contributed by atoms with Gasteiger partial charge in [0.15, 0.2) is 21.3 Å². The summed E-state index contributed by atoms with van der Waals surface area (Å²) in [6.45, 7) is 3.75. The molecule has 0 aliphatic carbocycles. The number of carbonyl (C=O) groups is 2. The first-order chi connectivity index (χ1) is 31.0. The topological polar surface area (TPSA) is 168 Å². The molecule has 1 amide bonds. The van der Waals surface area contributed by atoms with Gasteiger partial charge in [-0.2, -0.15) is 0 Å². The van der Waals surface area contributed by atoms with Crippen molar-refractivity contribution in [2.75, 3.05) is 45.1 Å². The quantitative estimate of drug-likeness (QED) is 0.107. The lowest BCUT2D eigenvalue weighted by Gasteiger charge is -2.31. The van der Waals surface area contributed by atoms with Gasteiger partial charge < -0.3 is 24.8 Å². The summed E-state index contributed by atoms with van der Waals surface area (Å²) in [5.74, 6) is -3.60. The second-order valence-corrected chi connectivity index (χ2v) is 19.9. The van der Waals surface area contributed by atoms with Crippen molar-refractivity contribution >= 4 is 81.7 Å². The van der Waals surface area contributed by atoms with E-state index in [-0.39, 0.29) is 66.5 Å². The number of anilines is 1. The van der Waals surface area contributed by atoms with Crippen LogP contribution in [0.3, 0.4) is 0 Å². The third-order valence-electron chi connectivity index (χ3n) is 10.2. The Labute approximate surface area is 405 Å². The van der Waals surface area contributed by atoms with Crippen molar-refractivity contribution in [3.63, 3.8) is 0 Å². The zero-order valence-electron chi connectivity index (χ0n) is 35.4. The van der Waals surface area contributed by atoms with Crippen LogP contribution in [-0.4, -0.2) is 79.1 Å². The van der Waals surface area contributed by atoms with Crippen molar-refractivity contribution in [2.24, 2.45) is 0 Å². The van der Waals surface area contributed by atoms with E-state index in [2.05, 4.69) is 41.9 Å². The fourth-order valence-electron chi connectivity index (χ4n) is 6.48. The van der Waals surface area contributed by atoms with Crippen LogP contribution in [0.15, 0.2) is 140 Å². The lowest BCUT2D eigenvalue weighted by Crippen LogP contribution is -2.42. The monoisotopic (exact) mass is 1090 g/mol. The Morgan fingerprint density at radius 1 is 0.682 bits per heavy atom. The number of rotatable bonds is 12. The van der Waals surface area contributed by atoms with Crippen LogP contribution in [-0.2, 0) is 25.6 Å². The summed E-state index contributed by atoms with van der Waals surface area (Å²) < 4.78 is 94.8. The maximum atomic E-state index is 14.5. The second-order valence-electron chi connectivity index (χ2n) is 14.6. The molecule has 19 heteroatoms. The molecule has 2 aliphatic rings. The summed E-state index contributed by atoms with van der Waals surface area (Å²) in [4.78, 5) is 25.0. The molecule has 8 rings (SSSR count). The SMILES string of the molecule is C1CNC1.COc1c(Br)cc(C(=O)N2CCC2)cc1S(=O)(=O)Nc1cc(-c2ccccc2)ccc1F.COc1c(Br)cc(C(=O)O)cc1S(=O)(=O)Cc1cc(-c2ccccc2)ccc1F.Cl. The summed E-state index contributed by atoms with van der Waals surface area (Å²) in [5.41, 5.74) is 2.71. The van der Waals surface area contributed by atoms with Crippen molar-refractivity contribution in [3.05, 3.63) is 159 Å². The van der Waals surface area contributed by atoms with Gasteiger partial charge in [-0.05, 0) is 129 Å². The number of carboxylic acids is 1. The molecule has 6 aromatic rings. The lowest BCUT2D eigenvalue weighted by atomic mass is 10.0. The van der Waals surface area contributed by atoms with Gasteiger partial charge in [0.25, 0.3) is 15.9 Å². The lowest BCUT2D eigenvalue weighted by molar-refractivity contribution is 0.0649. The first kappa shape index (κ1) is 51.6. The average molecular weight is 1090 g/mol. The standard InChI is InChI=1S/C23H20BrFN2O4S.C21H16BrFO5S.C3H7N.ClH/c1-31-22-18(24)12-17(23(28)27-10-5-11-27)14-21(22)32(29,30)26-20-13-16(8-9-19(20)25)15-6-3-2-4-7-15;1-28-20-17(22)10-15(21(24)25)11-19(20)29(26,27)12-16-9-14(7-8-18(16)23)13-5-3-2-4-6-13;1-2-4-3-1;/h2-4,6-9,12-14,26H,5,10-11H2,1H3;2-11H,12H2,1H3,(H,24,25);4H,1-3H2;1H. The molecule has 0 atom stereocenters. The summed E-state index contributed by atoms with van der Waals surface area (Å²) in [5, 5.41) is 12.4. The number of sulfonamides is 1. The summed E-state index contributed by atoms with van der Waals surface area (Å²) in [6.07, 6.45) is 2.30. The first-order valence-electron chi connectivity index (χ1n) is 20.0. The van der Waals surface area contributed by atoms with Crippen LogP contribution in [0.4, 0.5) is 14.5 Å². The molecule has 66 heavy (non-hydrogen) atoms. The Kier molecular flexibility index (Phi) is 17.9. The third kappa shape index (κ3) is 12.5. The number of ether oxygens (including phenoxy) is 2. The minimum absolute atomic E-state index is 0. The number of nitrogens with one attached hydrogen (secondary N) is 2. The predicted molar refractivity (Wildman–Crippen MR) is 259 cm³/mol. The maximum absolute atomic E-state index is 14.5. The van der Waals surface area contributed by atoms with Crippen LogP contribution in [0.2, 0.25) is 0 Å². The van der Waals surface area contributed by atoms with E-state index in [1.165, 1.54) is 76.2 Å². The number of benzene rings is 6. The van der Waals surface area contributed by atoms with Gasteiger partial charge in [0.2, 0.25) is 0 Å². The number of amides is 1. The molecule has 0 radical (unpaired) electrons. The van der Waals surface area contributed by atoms with Gasteiger partial charge in [-0.15, -0.1) is 12.4 Å². The van der Waals surface area contributed by atoms with Crippen LogP contribution in [0.1, 0.15) is 39.1 Å². The van der Waals surface area contributed by atoms with E-state index in [4.69, 9.17) is 9.47 Å². The number of halogens is 5. The highest BCUT2D eigenvalue weighted by Gasteiger charge is 2.29. The van der Waals surface area contributed by atoms with Crippen LogP contribution in [0.25, 0.3) is 22.3 Å². The van der Waals surface area contributed by atoms with Crippen molar-refractivity contribution in [1.82, 2.24) is 10.2 Å². The predicted octanol–water partition coefficient (Wildman–Crippen LogP) is 10.2. The average Bonchev–Trinajstić information content (AvgIpc) is 3.24. The van der Waals surface area contributed by atoms with Gasteiger partial charge in [0.05, 0.1) is 40.2 Å². The fraction of sp³-hybridized carbons (Fsp3) is 0.191. The number of carboxylic acid groups (broad SMARTS) is 1. The third-order valence-corrected chi connectivity index (χ3v) is 14.4. The molecule has 0 unspecified atom stereocenters. The molecule has 2 fully saturated rings. The smallest absolute Gasteiger partial charge is 0.335 e. The highest BCUT2D eigenvalue weighted by molar-refractivity contribution is 9.11. The molecule has 6 aromatic carbocycles. The minimum atomic E-state index is -4.29. The largest absolute Gasteiger partial charge is 0.494 e. The Balaban J connectivity index is 0.000000225. The van der Waals surface area contributed by atoms with Gasteiger partial charge in [0, 0.05) is 24.2 Å². The van der Waals surface area contributed by atoms with Gasteiger partial charge in [-0.3, -0.25) is 9.52 Å². The van der Waals surface area contributed by atoms with Crippen molar-refractivity contribution in [2.45, 2.75) is 28.4 Å². The fourth-order valence-corrected chi connectivity index (χ4v) is 10.8. The molecule has 0 bridgehead atoms. The Morgan fingerprint density at radius 3 is 1.65 bits per heavy atom. The van der Waals surface area contributed by atoms with Crippen LogP contribution >= 0.6 is 44.3 Å². The highest BCUT2D eigenvalue weighted by atomic mass is 79.9. The Hall–Kier alpha value is -5.37. The van der Waals surface area contributed by atoms with Crippen LogP contribution < -0.4 is 19.5 Å². The maximum Gasteiger partial charge on any atom is 0.335 e. The molecule has 3 N–H and O–H groups in total. The molecule has 12 nitrogen and oxygen atoms in total. The molecule has 348 valence electrons. The van der Waals surface area contributed by atoms with Gasteiger partial charge in [0.1, 0.15) is 21.4 Å². The normalized spacial score (nSPS) is 12.9. The van der Waals surface area contributed by atoms with Crippen molar-refractivity contribution in [1.29, 1.82) is 0 Å². The zero-order valence-corrected chi connectivity index (χ0v) is 41.0. The number of aromatic carboxylic acids is 1. The minimum Gasteiger partial charge on any atom is -0.494 e. The molecule has 2 saturated heterocycles. The number of carbonyl (C=O) groups excluding carboxylic acids is 1. The van der Waals surface area contributed by atoms with E-state index in [0.29, 0.717) is 28.7 Å². The van der Waals surface area contributed by atoms with E-state index >= 15 is 0 Å². The van der Waals surface area contributed by atoms with E-state index < -0.39 is 43.2 Å². The van der Waals surface area contributed by atoms with Gasteiger partial charge in [-0.25, -0.2) is 30.4 Å². The second kappa shape index (κ2) is 22.9. The summed E-state index contributed by atoms with van der Waals surface area (Å²) in [7, 11) is -5.80. The molecule has 0 saturated carbocycles. The van der Waals surface area contributed by atoms with Crippen molar-refractivity contribution in [3.8, 4) is 33.8 Å². The molecule has 2 heterocycles. The Bertz CT molecular complexity index is 2920. The number of hydrogen-bond acceptors (Lipinski definition) is 9. The van der Waals surface area contributed by atoms with E-state index in [1.54, 1.807) is 17.0 Å². The zero-order chi connectivity index (χ0) is 46.9. The molecular weight excluding hydrogens is 1050 g/mol. The molecule has 0 aromatic heterocycles. The molecular formula is C47H44Br2ClF2N3O9S2.